The van der Waals surface area contributed by atoms with Crippen molar-refractivity contribution in [3.63, 3.8) is 0 Å². The van der Waals surface area contributed by atoms with E-state index in [1.54, 1.807) is 12.1 Å². The zero-order valence-corrected chi connectivity index (χ0v) is 18.2. The van der Waals surface area contributed by atoms with Gasteiger partial charge in [-0.25, -0.2) is 4.39 Å². The summed E-state index contributed by atoms with van der Waals surface area (Å²) in [5, 5.41) is 15.6. The van der Waals surface area contributed by atoms with Crippen molar-refractivity contribution >= 4 is 39.8 Å². The molecule has 2 aliphatic rings. The van der Waals surface area contributed by atoms with Gasteiger partial charge >= 0.3 is 0 Å². The predicted octanol–water partition coefficient (Wildman–Crippen LogP) is 4.90. The molecule has 2 aromatic carbocycles. The zero-order chi connectivity index (χ0) is 22.4. The van der Waals surface area contributed by atoms with Crippen LogP contribution in [0.2, 0.25) is 0 Å². The second-order valence-corrected chi connectivity index (χ2v) is 8.39. The van der Waals surface area contributed by atoms with E-state index < -0.39 is 5.91 Å². The first kappa shape index (κ1) is 20.1. The molecule has 0 unspecified atom stereocenters. The van der Waals surface area contributed by atoms with E-state index >= 15 is 0 Å². The summed E-state index contributed by atoms with van der Waals surface area (Å²) in [6, 6.07) is 17.8. The van der Waals surface area contributed by atoms with Crippen molar-refractivity contribution in [3.8, 4) is 5.69 Å². The molecule has 0 atom stereocenters. The van der Waals surface area contributed by atoms with Crippen LogP contribution in [-0.4, -0.2) is 31.5 Å². The molecule has 1 N–H and O–H groups in total. The van der Waals surface area contributed by atoms with Crippen molar-refractivity contribution < 1.29 is 9.18 Å². The minimum Gasteiger partial charge on any atom is -0.318 e. The van der Waals surface area contributed by atoms with Crippen LogP contribution in [0.15, 0.2) is 76.3 Å². The molecule has 0 spiro atoms. The molecule has 1 amide bonds. The number of amidine groups is 2. The van der Waals surface area contributed by atoms with Gasteiger partial charge in [0.2, 0.25) is 5.17 Å². The van der Waals surface area contributed by atoms with Crippen molar-refractivity contribution in [1.29, 1.82) is 5.41 Å². The highest BCUT2D eigenvalue weighted by Gasteiger charge is 2.36. The number of fused-ring (bicyclic) bond motifs is 1. The number of amides is 1. The fraction of sp³-hybridized carbons (Fsp3) is 0.0833. The first-order valence-corrected chi connectivity index (χ1v) is 10.7. The van der Waals surface area contributed by atoms with Crippen LogP contribution >= 0.6 is 11.8 Å². The van der Waals surface area contributed by atoms with Crippen LogP contribution < -0.4 is 0 Å². The second kappa shape index (κ2) is 7.72. The first-order chi connectivity index (χ1) is 15.4. The van der Waals surface area contributed by atoms with Crippen LogP contribution in [0.4, 0.5) is 4.39 Å². The monoisotopic (exact) mass is 443 g/mol. The Kier molecular flexibility index (Phi) is 4.86. The smallest absolute Gasteiger partial charge is 0.283 e. The van der Waals surface area contributed by atoms with Crippen LogP contribution in [-0.2, 0) is 4.79 Å². The van der Waals surface area contributed by atoms with E-state index in [1.165, 1.54) is 28.9 Å². The quantitative estimate of drug-likeness (QED) is 0.585. The van der Waals surface area contributed by atoms with Gasteiger partial charge in [0.25, 0.3) is 5.91 Å². The molecule has 3 aromatic rings. The van der Waals surface area contributed by atoms with Crippen molar-refractivity contribution in [1.82, 2.24) is 9.58 Å². The number of hydrogen-bond acceptors (Lipinski definition) is 4. The van der Waals surface area contributed by atoms with E-state index in [2.05, 4.69) is 10.1 Å². The van der Waals surface area contributed by atoms with E-state index in [-0.39, 0.29) is 17.2 Å². The summed E-state index contributed by atoms with van der Waals surface area (Å²) < 4.78 is 15.7. The summed E-state index contributed by atoms with van der Waals surface area (Å²) in [6.45, 7) is 3.81. The number of thioether (sulfide) groups is 1. The summed E-state index contributed by atoms with van der Waals surface area (Å²) in [6.07, 6.45) is 1.66. The maximum absolute atomic E-state index is 13.7. The van der Waals surface area contributed by atoms with Gasteiger partial charge in [0.05, 0.1) is 5.57 Å². The Bertz CT molecular complexity index is 1370. The molecule has 0 saturated carbocycles. The number of hydrazone groups is 1. The van der Waals surface area contributed by atoms with E-state index in [0.717, 1.165) is 22.5 Å². The standard InChI is InChI=1S/C24H18FN5OS/c1-14-11-17(15(2)29(14)19-10-6-9-18(25)13-19)12-20-21(26)30-24(27-22(20)31)32-23(28-30)16-7-4-3-5-8-16/h3-13,26H,1-2H3/b20-12+,26-21?. The largest absolute Gasteiger partial charge is 0.318 e. The van der Waals surface area contributed by atoms with Gasteiger partial charge in [-0.3, -0.25) is 10.2 Å². The maximum atomic E-state index is 13.7. The van der Waals surface area contributed by atoms with Crippen LogP contribution in [0.3, 0.4) is 0 Å². The molecule has 5 rings (SSSR count). The number of aromatic nitrogens is 1. The molecule has 1 aromatic heterocycles. The van der Waals surface area contributed by atoms with Gasteiger partial charge in [-0.05, 0) is 61.5 Å². The number of carbonyl (C=O) groups excluding carboxylic acids is 1. The van der Waals surface area contributed by atoms with Gasteiger partial charge in [0, 0.05) is 22.6 Å². The molecule has 8 heteroatoms. The molecule has 6 nitrogen and oxygen atoms in total. The van der Waals surface area contributed by atoms with E-state index in [9.17, 15) is 9.18 Å². The molecule has 0 saturated heterocycles. The molecule has 2 aliphatic heterocycles. The van der Waals surface area contributed by atoms with Crippen molar-refractivity contribution in [2.75, 3.05) is 0 Å². The van der Waals surface area contributed by atoms with Gasteiger partial charge in [0.15, 0.2) is 5.84 Å². The number of nitrogens with one attached hydrogen (secondary N) is 1. The predicted molar refractivity (Wildman–Crippen MR) is 126 cm³/mol. The Morgan fingerprint density at radius 1 is 1.06 bits per heavy atom. The maximum Gasteiger partial charge on any atom is 0.283 e. The second-order valence-electron chi connectivity index (χ2n) is 7.43. The van der Waals surface area contributed by atoms with Crippen LogP contribution in [0.5, 0.6) is 0 Å². The Balaban J connectivity index is 1.52. The lowest BCUT2D eigenvalue weighted by atomic mass is 10.1. The zero-order valence-electron chi connectivity index (χ0n) is 17.3. The minimum absolute atomic E-state index is 0.0195. The molecular formula is C24H18FN5OS. The van der Waals surface area contributed by atoms with Gasteiger partial charge in [-0.15, -0.1) is 0 Å². The Labute approximate surface area is 188 Å². The molecule has 0 radical (unpaired) electrons. The van der Waals surface area contributed by atoms with Crippen molar-refractivity contribution in [2.45, 2.75) is 13.8 Å². The van der Waals surface area contributed by atoms with Gasteiger partial charge in [0.1, 0.15) is 10.9 Å². The normalized spacial score (nSPS) is 17.0. The lowest BCUT2D eigenvalue weighted by Crippen LogP contribution is -2.35. The van der Waals surface area contributed by atoms with E-state index in [0.29, 0.717) is 15.9 Å². The lowest BCUT2D eigenvalue weighted by Gasteiger charge is -2.20. The summed E-state index contributed by atoms with van der Waals surface area (Å²) in [5.74, 6) is -0.817. The molecular weight excluding hydrogens is 425 g/mol. The number of carbonyl (C=O) groups is 1. The highest BCUT2D eigenvalue weighted by Crippen LogP contribution is 2.31. The average Bonchev–Trinajstić information content (AvgIpc) is 3.32. The summed E-state index contributed by atoms with van der Waals surface area (Å²) in [7, 11) is 0. The molecule has 158 valence electrons. The molecule has 0 bridgehead atoms. The summed E-state index contributed by atoms with van der Waals surface area (Å²) in [5.41, 5.74) is 4.24. The SMILES string of the molecule is Cc1cc(/C=C2\C(=N)N3N=C(c4ccccc4)SC3=NC2=O)c(C)n1-c1cccc(F)c1. The molecule has 0 fully saturated rings. The highest BCUT2D eigenvalue weighted by atomic mass is 32.2. The summed E-state index contributed by atoms with van der Waals surface area (Å²) >= 11 is 1.27. The fourth-order valence-electron chi connectivity index (χ4n) is 3.79. The molecule has 32 heavy (non-hydrogen) atoms. The average molecular weight is 444 g/mol. The van der Waals surface area contributed by atoms with Crippen molar-refractivity contribution in [3.05, 3.63) is 94.6 Å². The number of rotatable bonds is 3. The topological polar surface area (TPSA) is 73.8 Å². The van der Waals surface area contributed by atoms with Crippen LogP contribution in [0.1, 0.15) is 22.5 Å². The van der Waals surface area contributed by atoms with Crippen LogP contribution in [0, 0.1) is 25.1 Å². The highest BCUT2D eigenvalue weighted by molar-refractivity contribution is 8.27. The van der Waals surface area contributed by atoms with Gasteiger partial charge in [-0.1, -0.05) is 36.4 Å². The Morgan fingerprint density at radius 3 is 2.59 bits per heavy atom. The Hall–Kier alpha value is -3.78. The van der Waals surface area contributed by atoms with Crippen LogP contribution in [0.25, 0.3) is 11.8 Å². The van der Waals surface area contributed by atoms with Gasteiger partial charge < -0.3 is 4.57 Å². The third kappa shape index (κ3) is 3.38. The third-order valence-electron chi connectivity index (χ3n) is 5.31. The number of aryl methyl sites for hydroxylation is 1. The number of aliphatic imine (C=N–C) groups is 1. The molecule has 3 heterocycles. The van der Waals surface area contributed by atoms with Crippen molar-refractivity contribution in [2.24, 2.45) is 10.1 Å². The number of hydrogen-bond donors (Lipinski definition) is 1. The first-order valence-electron chi connectivity index (χ1n) is 9.93. The Morgan fingerprint density at radius 2 is 1.84 bits per heavy atom. The van der Waals surface area contributed by atoms with E-state index in [4.69, 9.17) is 5.41 Å². The third-order valence-corrected chi connectivity index (χ3v) is 6.27. The van der Waals surface area contributed by atoms with Gasteiger partial charge in [-0.2, -0.15) is 15.1 Å². The minimum atomic E-state index is -0.478. The summed E-state index contributed by atoms with van der Waals surface area (Å²) in [4.78, 5) is 16.9. The van der Waals surface area contributed by atoms with E-state index in [1.807, 2.05) is 60.9 Å². The number of nitrogens with zero attached hydrogens (tertiary/aromatic N) is 4. The number of benzene rings is 2. The molecule has 0 aliphatic carbocycles. The lowest BCUT2D eigenvalue weighted by molar-refractivity contribution is -0.114. The number of halogens is 1. The fourth-order valence-corrected chi connectivity index (χ4v) is 4.69.